The number of benzene rings is 3. The van der Waals surface area contributed by atoms with Crippen molar-refractivity contribution in [3.63, 3.8) is 0 Å². The van der Waals surface area contributed by atoms with E-state index >= 15 is 0 Å². The van der Waals surface area contributed by atoms with Crippen molar-refractivity contribution in [2.75, 3.05) is 4.90 Å². The molecule has 1 fully saturated rings. The van der Waals surface area contributed by atoms with Crippen LogP contribution in [0.25, 0.3) is 5.76 Å². The van der Waals surface area contributed by atoms with Crippen molar-refractivity contribution in [2.45, 2.75) is 6.04 Å². The second-order valence-electron chi connectivity index (χ2n) is 6.57. The molecule has 4 rings (SSSR count). The van der Waals surface area contributed by atoms with Crippen LogP contribution in [0.3, 0.4) is 0 Å². The van der Waals surface area contributed by atoms with Gasteiger partial charge >= 0.3 is 0 Å². The lowest BCUT2D eigenvalue weighted by Crippen LogP contribution is -2.29. The molecule has 1 unspecified atom stereocenters. The number of hydrogen-bond donors (Lipinski definition) is 1. The van der Waals surface area contributed by atoms with Crippen LogP contribution in [0.4, 0.5) is 10.1 Å². The van der Waals surface area contributed by atoms with Gasteiger partial charge in [0.2, 0.25) is 0 Å². The first-order chi connectivity index (χ1) is 14.0. The number of amides is 1. The van der Waals surface area contributed by atoms with Gasteiger partial charge in [-0.1, -0.05) is 54.1 Å². The van der Waals surface area contributed by atoms with Crippen molar-refractivity contribution in [3.05, 3.63) is 106 Å². The number of hydrogen-bond acceptors (Lipinski definition) is 3. The molecule has 144 valence electrons. The molecule has 1 N–H and O–H groups in total. The van der Waals surface area contributed by atoms with E-state index in [1.807, 2.05) is 0 Å². The number of carbonyl (C=O) groups is 2. The minimum absolute atomic E-state index is 0.0762. The van der Waals surface area contributed by atoms with Crippen LogP contribution in [0, 0.1) is 5.82 Å². The average molecular weight is 408 g/mol. The normalized spacial score (nSPS) is 18.3. The van der Waals surface area contributed by atoms with Gasteiger partial charge in [-0.15, -0.1) is 0 Å². The minimum Gasteiger partial charge on any atom is -0.507 e. The zero-order chi connectivity index (χ0) is 20.5. The largest absolute Gasteiger partial charge is 0.507 e. The van der Waals surface area contributed by atoms with Crippen molar-refractivity contribution in [3.8, 4) is 0 Å². The Kier molecular flexibility index (Phi) is 4.91. The molecule has 0 radical (unpaired) electrons. The van der Waals surface area contributed by atoms with Crippen LogP contribution in [-0.4, -0.2) is 16.8 Å². The summed E-state index contributed by atoms with van der Waals surface area (Å²) in [5.41, 5.74) is 1.23. The lowest BCUT2D eigenvalue weighted by atomic mass is 9.95. The standard InChI is InChI=1S/C23H15ClFNO3/c24-16-6-4-5-15(13-16)21(27)19-20(14-9-11-17(25)12-10-14)26(23(29)22(19)28)18-7-2-1-3-8-18/h1-13,20,27H/b21-19-. The highest BCUT2D eigenvalue weighted by atomic mass is 35.5. The van der Waals surface area contributed by atoms with Crippen molar-refractivity contribution in [2.24, 2.45) is 0 Å². The Morgan fingerprint density at radius 3 is 2.28 bits per heavy atom. The van der Waals surface area contributed by atoms with Gasteiger partial charge in [0.15, 0.2) is 0 Å². The van der Waals surface area contributed by atoms with Crippen molar-refractivity contribution >= 4 is 34.7 Å². The van der Waals surface area contributed by atoms with Gasteiger partial charge < -0.3 is 5.11 Å². The van der Waals surface area contributed by atoms with E-state index in [9.17, 15) is 19.1 Å². The summed E-state index contributed by atoms with van der Waals surface area (Å²) in [6.07, 6.45) is 0. The van der Waals surface area contributed by atoms with Crippen LogP contribution in [0.2, 0.25) is 5.02 Å². The molecule has 1 atom stereocenters. The molecule has 29 heavy (non-hydrogen) atoms. The van der Waals surface area contributed by atoms with E-state index in [0.717, 1.165) is 0 Å². The van der Waals surface area contributed by atoms with Gasteiger partial charge in [0.25, 0.3) is 11.7 Å². The first-order valence-corrected chi connectivity index (χ1v) is 9.22. The van der Waals surface area contributed by atoms with Crippen molar-refractivity contribution in [1.29, 1.82) is 0 Å². The van der Waals surface area contributed by atoms with Gasteiger partial charge in [-0.25, -0.2) is 4.39 Å². The van der Waals surface area contributed by atoms with E-state index in [-0.39, 0.29) is 11.3 Å². The van der Waals surface area contributed by atoms with Crippen LogP contribution in [0.15, 0.2) is 84.4 Å². The SMILES string of the molecule is O=C1C(=O)N(c2ccccc2)C(c2ccc(F)cc2)/C1=C(/O)c1cccc(Cl)c1. The predicted molar refractivity (Wildman–Crippen MR) is 109 cm³/mol. The molecule has 0 aromatic heterocycles. The Morgan fingerprint density at radius 2 is 1.62 bits per heavy atom. The Morgan fingerprint density at radius 1 is 0.931 bits per heavy atom. The third kappa shape index (κ3) is 3.41. The minimum atomic E-state index is -0.906. The summed E-state index contributed by atoms with van der Waals surface area (Å²) in [7, 11) is 0. The van der Waals surface area contributed by atoms with Gasteiger partial charge in [0.1, 0.15) is 11.6 Å². The molecule has 0 spiro atoms. The maximum Gasteiger partial charge on any atom is 0.300 e. The number of ketones is 1. The fraction of sp³-hybridized carbons (Fsp3) is 0.0435. The zero-order valence-corrected chi connectivity index (χ0v) is 15.8. The number of aliphatic hydroxyl groups excluding tert-OH is 1. The third-order valence-electron chi connectivity index (χ3n) is 4.76. The lowest BCUT2D eigenvalue weighted by Gasteiger charge is -2.25. The van der Waals surface area contributed by atoms with Crippen LogP contribution < -0.4 is 4.90 Å². The first kappa shape index (κ1) is 18.9. The number of rotatable bonds is 3. The number of anilines is 1. The molecule has 1 saturated heterocycles. The molecule has 4 nitrogen and oxygen atoms in total. The number of aliphatic hydroxyl groups is 1. The van der Waals surface area contributed by atoms with Crippen molar-refractivity contribution in [1.82, 2.24) is 0 Å². The summed E-state index contributed by atoms with van der Waals surface area (Å²) in [6, 6.07) is 19.6. The summed E-state index contributed by atoms with van der Waals surface area (Å²) >= 11 is 6.02. The second kappa shape index (κ2) is 7.53. The van der Waals surface area contributed by atoms with E-state index in [0.29, 0.717) is 21.8 Å². The Bertz CT molecular complexity index is 1130. The molecular formula is C23H15ClFNO3. The van der Waals surface area contributed by atoms with Crippen LogP contribution in [0.1, 0.15) is 17.2 Å². The number of para-hydroxylation sites is 1. The highest BCUT2D eigenvalue weighted by Gasteiger charge is 2.46. The van der Waals surface area contributed by atoms with Crippen LogP contribution in [-0.2, 0) is 9.59 Å². The quantitative estimate of drug-likeness (QED) is 0.373. The smallest absolute Gasteiger partial charge is 0.300 e. The Labute approximate surface area is 171 Å². The molecule has 0 saturated carbocycles. The fourth-order valence-electron chi connectivity index (χ4n) is 3.44. The van der Waals surface area contributed by atoms with Gasteiger partial charge in [-0.05, 0) is 42.0 Å². The maximum absolute atomic E-state index is 13.5. The summed E-state index contributed by atoms with van der Waals surface area (Å²) in [5, 5.41) is 11.3. The Balaban J connectivity index is 1.95. The molecule has 1 heterocycles. The average Bonchev–Trinajstić information content (AvgIpc) is 2.99. The molecule has 3 aromatic carbocycles. The van der Waals surface area contributed by atoms with Gasteiger partial charge in [-0.2, -0.15) is 0 Å². The summed E-state index contributed by atoms with van der Waals surface area (Å²) in [6.45, 7) is 0. The number of Topliss-reactive ketones (excluding diaryl/α,β-unsaturated/α-hetero) is 1. The molecule has 1 aliphatic heterocycles. The van der Waals surface area contributed by atoms with E-state index in [2.05, 4.69) is 0 Å². The molecule has 6 heteroatoms. The van der Waals surface area contributed by atoms with Gasteiger partial charge in [0, 0.05) is 16.3 Å². The number of carbonyl (C=O) groups excluding carboxylic acids is 2. The van der Waals surface area contributed by atoms with Crippen molar-refractivity contribution < 1.29 is 19.1 Å². The zero-order valence-electron chi connectivity index (χ0n) is 15.0. The molecule has 1 aliphatic rings. The summed E-state index contributed by atoms with van der Waals surface area (Å²) in [5.74, 6) is -2.37. The van der Waals surface area contributed by atoms with Crippen LogP contribution >= 0.6 is 11.6 Å². The summed E-state index contributed by atoms with van der Waals surface area (Å²) in [4.78, 5) is 27.1. The first-order valence-electron chi connectivity index (χ1n) is 8.85. The maximum atomic E-state index is 13.5. The predicted octanol–water partition coefficient (Wildman–Crippen LogP) is 5.11. The fourth-order valence-corrected chi connectivity index (χ4v) is 3.63. The highest BCUT2D eigenvalue weighted by Crippen LogP contribution is 2.42. The number of halogens is 2. The van der Waals surface area contributed by atoms with E-state index in [1.54, 1.807) is 48.5 Å². The molecular weight excluding hydrogens is 393 g/mol. The van der Waals surface area contributed by atoms with E-state index in [1.165, 1.54) is 35.2 Å². The monoisotopic (exact) mass is 407 g/mol. The topological polar surface area (TPSA) is 57.6 Å². The van der Waals surface area contributed by atoms with E-state index < -0.39 is 23.5 Å². The lowest BCUT2D eigenvalue weighted by molar-refractivity contribution is -0.132. The third-order valence-corrected chi connectivity index (χ3v) is 5.00. The number of nitrogens with zero attached hydrogens (tertiary/aromatic N) is 1. The molecule has 0 bridgehead atoms. The Hall–Kier alpha value is -3.44. The van der Waals surface area contributed by atoms with Crippen LogP contribution in [0.5, 0.6) is 0 Å². The van der Waals surface area contributed by atoms with Gasteiger partial charge in [-0.3, -0.25) is 14.5 Å². The van der Waals surface area contributed by atoms with E-state index in [4.69, 9.17) is 11.6 Å². The summed E-state index contributed by atoms with van der Waals surface area (Å²) < 4.78 is 13.5. The molecule has 0 aliphatic carbocycles. The highest BCUT2D eigenvalue weighted by molar-refractivity contribution is 6.51. The van der Waals surface area contributed by atoms with Gasteiger partial charge in [0.05, 0.1) is 11.6 Å². The molecule has 3 aromatic rings. The molecule has 1 amide bonds. The second-order valence-corrected chi connectivity index (χ2v) is 7.00.